The van der Waals surface area contributed by atoms with Gasteiger partial charge in [-0.1, -0.05) is 18.6 Å². The van der Waals surface area contributed by atoms with Crippen LogP contribution in [0.25, 0.3) is 0 Å². The van der Waals surface area contributed by atoms with Crippen molar-refractivity contribution in [1.29, 1.82) is 5.26 Å². The largest absolute Gasteiger partial charge is 0.453 e. The number of anilines is 1. The van der Waals surface area contributed by atoms with Gasteiger partial charge in [0.25, 0.3) is 0 Å². The van der Waals surface area contributed by atoms with E-state index in [4.69, 9.17) is 10.00 Å². The number of nitrogens with zero attached hydrogens (tertiary/aromatic N) is 4. The molecule has 1 amide bonds. The van der Waals surface area contributed by atoms with Gasteiger partial charge in [0.1, 0.15) is 17.7 Å². The van der Waals surface area contributed by atoms with Crippen LogP contribution in [0.3, 0.4) is 0 Å². The number of benzene rings is 2. The van der Waals surface area contributed by atoms with E-state index < -0.39 is 5.82 Å². The lowest BCUT2D eigenvalue weighted by molar-refractivity contribution is 0.0223. The zero-order valence-electron chi connectivity index (χ0n) is 25.1. The minimum Gasteiger partial charge on any atom is -0.453 e. The van der Waals surface area contributed by atoms with E-state index in [-0.39, 0.29) is 34.8 Å². The molecule has 1 unspecified atom stereocenters. The first kappa shape index (κ1) is 29.8. The summed E-state index contributed by atoms with van der Waals surface area (Å²) in [6.45, 7) is 7.79. The van der Waals surface area contributed by atoms with Crippen LogP contribution in [0.2, 0.25) is 0 Å². The number of rotatable bonds is 9. The monoisotopic (exact) mass is 591 g/mol. The van der Waals surface area contributed by atoms with Crippen molar-refractivity contribution >= 4 is 11.8 Å². The fraction of sp³-hybridized carbons (Fsp3) is 0.588. The second-order valence-electron chi connectivity index (χ2n) is 13.1. The molecule has 0 spiro atoms. The zero-order valence-corrected chi connectivity index (χ0v) is 25.1. The van der Waals surface area contributed by atoms with E-state index in [0.29, 0.717) is 11.8 Å². The maximum absolute atomic E-state index is 14.9. The number of methoxy groups -OCH3 is 1. The van der Waals surface area contributed by atoms with Gasteiger partial charge in [-0.25, -0.2) is 13.6 Å². The van der Waals surface area contributed by atoms with Gasteiger partial charge in [-0.15, -0.1) is 0 Å². The number of carbonyl (C=O) groups is 1. The summed E-state index contributed by atoms with van der Waals surface area (Å²) in [5, 5.41) is 12.2. The minimum absolute atomic E-state index is 0.00282. The molecule has 7 nitrogen and oxygen atoms in total. The lowest BCUT2D eigenvalue weighted by atomic mass is 9.57. The zero-order chi connectivity index (χ0) is 30.0. The normalized spacial score (nSPS) is 24.9. The predicted octanol–water partition coefficient (Wildman–Crippen LogP) is 5.15. The van der Waals surface area contributed by atoms with Crippen molar-refractivity contribution in [2.45, 2.75) is 50.0 Å². The highest BCUT2D eigenvalue weighted by Crippen LogP contribution is 2.51. The van der Waals surface area contributed by atoms with Crippen LogP contribution in [0.1, 0.15) is 49.7 Å². The fourth-order valence-electron chi connectivity index (χ4n) is 8.42. The molecule has 0 aromatic heterocycles. The summed E-state index contributed by atoms with van der Waals surface area (Å²) in [5.74, 6) is 0.439. The van der Waals surface area contributed by atoms with Crippen LogP contribution in [0.4, 0.5) is 19.3 Å². The minimum atomic E-state index is -0.461. The molecule has 3 atom stereocenters. The average Bonchev–Trinajstić information content (AvgIpc) is 3.43. The highest BCUT2D eigenvalue weighted by Gasteiger charge is 2.53. The Morgan fingerprint density at radius 2 is 1.81 bits per heavy atom. The molecular formula is C34H43F2N5O2. The van der Waals surface area contributed by atoms with Gasteiger partial charge in [-0.2, -0.15) is 5.26 Å². The standard InChI is InChI=1S/C34H43F2N5O2/c1-43-33(42)38-32-8-3-7-30(32)34(23-40-13-4-14-40,27-5-2-6-28(35)17-27)26-11-15-39(16-12-26)20-24-21-41(22-24)29-10-9-25(19-37)31(36)18-29/h2,5-6,9-10,17-18,24,26,30,32H,3-4,7-8,11-16,20-23H2,1H3,(H,38,42)/t30-,32-,34?/m0/s1. The smallest absolute Gasteiger partial charge is 0.407 e. The van der Waals surface area contributed by atoms with Crippen LogP contribution < -0.4 is 10.2 Å². The molecule has 0 bridgehead atoms. The number of hydrogen-bond donors (Lipinski definition) is 1. The summed E-state index contributed by atoms with van der Waals surface area (Å²) >= 11 is 0. The third-order valence-electron chi connectivity index (χ3n) is 10.7. The second-order valence-corrected chi connectivity index (χ2v) is 13.1. The first-order valence-corrected chi connectivity index (χ1v) is 15.9. The summed E-state index contributed by atoms with van der Waals surface area (Å²) in [7, 11) is 1.42. The SMILES string of the molecule is COC(=O)N[C@H]1CCC[C@@H]1C(CN1CCC1)(c1cccc(F)c1)C1CCN(CC2CN(c3ccc(C#N)c(F)c3)C2)CC1. The molecule has 4 fully saturated rings. The number of likely N-dealkylation sites (tertiary alicyclic amines) is 2. The number of ether oxygens (including phenoxy) is 1. The van der Waals surface area contributed by atoms with Crippen molar-refractivity contribution in [1.82, 2.24) is 15.1 Å². The molecule has 1 aliphatic carbocycles. The number of halogens is 2. The van der Waals surface area contributed by atoms with Crippen molar-refractivity contribution in [2.75, 3.05) is 64.4 Å². The number of amides is 1. The van der Waals surface area contributed by atoms with Gasteiger partial charge >= 0.3 is 6.09 Å². The third-order valence-corrected chi connectivity index (χ3v) is 10.7. The Hall–Kier alpha value is -3.22. The Labute approximate surface area is 253 Å². The summed E-state index contributed by atoms with van der Waals surface area (Å²) in [6, 6.07) is 14.0. The van der Waals surface area contributed by atoms with E-state index in [0.717, 1.165) is 95.7 Å². The first-order valence-electron chi connectivity index (χ1n) is 15.9. The molecule has 3 saturated heterocycles. The van der Waals surface area contributed by atoms with Gasteiger partial charge in [-0.05, 0) is 106 Å². The van der Waals surface area contributed by atoms with Crippen molar-refractivity contribution < 1.29 is 18.3 Å². The van der Waals surface area contributed by atoms with Crippen molar-refractivity contribution in [3.63, 3.8) is 0 Å². The molecule has 2 aromatic rings. The van der Waals surface area contributed by atoms with Gasteiger partial charge in [0.05, 0.1) is 12.7 Å². The van der Waals surface area contributed by atoms with E-state index >= 15 is 0 Å². The summed E-state index contributed by atoms with van der Waals surface area (Å²) in [5.41, 5.74) is 1.73. The fourth-order valence-corrected chi connectivity index (χ4v) is 8.42. The number of alkyl carbamates (subject to hydrolysis) is 1. The number of nitrogens with one attached hydrogen (secondary N) is 1. The van der Waals surface area contributed by atoms with Gasteiger partial charge in [0.2, 0.25) is 0 Å². The molecule has 230 valence electrons. The van der Waals surface area contributed by atoms with Crippen LogP contribution in [-0.2, 0) is 10.2 Å². The Morgan fingerprint density at radius 1 is 1.02 bits per heavy atom. The van der Waals surface area contributed by atoms with Gasteiger partial charge < -0.3 is 24.8 Å². The van der Waals surface area contributed by atoms with Crippen LogP contribution in [0.5, 0.6) is 0 Å². The van der Waals surface area contributed by atoms with E-state index in [1.807, 2.05) is 18.2 Å². The van der Waals surface area contributed by atoms with Gasteiger partial charge in [0, 0.05) is 49.2 Å². The quantitative estimate of drug-likeness (QED) is 0.435. The van der Waals surface area contributed by atoms with Crippen LogP contribution in [-0.4, -0.2) is 81.4 Å². The van der Waals surface area contributed by atoms with Gasteiger partial charge in [0.15, 0.2) is 0 Å². The highest BCUT2D eigenvalue weighted by atomic mass is 19.1. The highest BCUT2D eigenvalue weighted by molar-refractivity contribution is 5.67. The number of carbonyl (C=O) groups excluding carboxylic acids is 1. The molecule has 43 heavy (non-hydrogen) atoms. The second kappa shape index (κ2) is 12.8. The Morgan fingerprint density at radius 3 is 2.47 bits per heavy atom. The molecule has 9 heteroatoms. The number of piperidine rings is 1. The molecule has 0 radical (unpaired) electrons. The Bertz CT molecular complexity index is 1330. The van der Waals surface area contributed by atoms with E-state index in [1.165, 1.54) is 25.7 Å². The summed E-state index contributed by atoms with van der Waals surface area (Å²) < 4.78 is 34.0. The molecule has 6 rings (SSSR count). The molecule has 2 aromatic carbocycles. The molecule has 4 aliphatic rings. The molecular weight excluding hydrogens is 548 g/mol. The van der Waals surface area contributed by atoms with E-state index in [9.17, 15) is 13.6 Å². The van der Waals surface area contributed by atoms with Crippen LogP contribution in [0, 0.1) is 40.7 Å². The molecule has 3 aliphatic heterocycles. The number of hydrogen-bond acceptors (Lipinski definition) is 6. The Kier molecular flexibility index (Phi) is 8.88. The lowest BCUT2D eigenvalue weighted by Crippen LogP contribution is -2.60. The van der Waals surface area contributed by atoms with E-state index in [2.05, 4.69) is 26.1 Å². The van der Waals surface area contributed by atoms with Crippen molar-refractivity contribution in [3.8, 4) is 6.07 Å². The van der Waals surface area contributed by atoms with E-state index in [1.54, 1.807) is 12.1 Å². The first-order chi connectivity index (χ1) is 20.9. The van der Waals surface area contributed by atoms with Crippen LogP contribution >= 0.6 is 0 Å². The summed E-state index contributed by atoms with van der Waals surface area (Å²) in [6.07, 6.45) is 5.83. The van der Waals surface area contributed by atoms with Crippen molar-refractivity contribution in [3.05, 3.63) is 65.2 Å². The predicted molar refractivity (Wildman–Crippen MR) is 162 cm³/mol. The maximum Gasteiger partial charge on any atom is 0.407 e. The topological polar surface area (TPSA) is 71.8 Å². The number of nitriles is 1. The third kappa shape index (κ3) is 6.09. The van der Waals surface area contributed by atoms with Gasteiger partial charge in [-0.3, -0.25) is 0 Å². The Balaban J connectivity index is 1.17. The average molecular weight is 592 g/mol. The van der Waals surface area contributed by atoms with Crippen LogP contribution in [0.15, 0.2) is 42.5 Å². The molecule has 3 heterocycles. The maximum atomic E-state index is 14.9. The summed E-state index contributed by atoms with van der Waals surface area (Å²) in [4.78, 5) is 19.7. The molecule has 1 saturated carbocycles. The lowest BCUT2D eigenvalue weighted by Gasteiger charge is -2.54. The molecule has 1 N–H and O–H groups in total. The van der Waals surface area contributed by atoms with Crippen molar-refractivity contribution in [2.24, 2.45) is 17.8 Å².